The predicted molar refractivity (Wildman–Crippen MR) is 104 cm³/mol. The number of halogens is 1. The first kappa shape index (κ1) is 18.9. The van der Waals surface area contributed by atoms with Gasteiger partial charge in [0.05, 0.1) is 12.7 Å². The van der Waals surface area contributed by atoms with Crippen molar-refractivity contribution in [3.8, 4) is 0 Å². The van der Waals surface area contributed by atoms with Crippen molar-refractivity contribution in [2.75, 3.05) is 0 Å². The largest absolute Gasteiger partial charge is 0.445 e. The molecule has 2 unspecified atom stereocenters. The molecule has 4 nitrogen and oxygen atoms in total. The lowest BCUT2D eigenvalue weighted by molar-refractivity contribution is -0.0744. The van der Waals surface area contributed by atoms with Gasteiger partial charge in [-0.3, -0.25) is 0 Å². The summed E-state index contributed by atoms with van der Waals surface area (Å²) in [5, 5.41) is 0. The van der Waals surface area contributed by atoms with Gasteiger partial charge in [-0.05, 0) is 36.8 Å². The quantitative estimate of drug-likeness (QED) is 0.739. The zero-order valence-corrected chi connectivity index (χ0v) is 15.9. The summed E-state index contributed by atoms with van der Waals surface area (Å²) in [5.74, 6) is 0. The standard InChI is InChI=1S/C23H26FNO3/c24-19-11-20-13-22(27-15-17-7-3-1-4-8-17)14-21(12-19)25(20)23(26)28-16-18-9-5-2-6-10-18/h1-10,19-22H,11-16H2. The highest BCUT2D eigenvalue weighted by Crippen LogP contribution is 2.37. The van der Waals surface area contributed by atoms with Crippen molar-refractivity contribution in [2.24, 2.45) is 0 Å². The second-order valence-corrected chi connectivity index (χ2v) is 7.71. The van der Waals surface area contributed by atoms with E-state index in [1.807, 2.05) is 60.7 Å². The molecule has 2 atom stereocenters. The van der Waals surface area contributed by atoms with E-state index in [0.29, 0.717) is 32.3 Å². The molecule has 148 valence electrons. The molecule has 28 heavy (non-hydrogen) atoms. The van der Waals surface area contributed by atoms with Crippen molar-refractivity contribution in [2.45, 2.75) is 63.3 Å². The van der Waals surface area contributed by atoms with E-state index in [9.17, 15) is 9.18 Å². The molecule has 2 aliphatic rings. The molecular weight excluding hydrogens is 357 g/mol. The predicted octanol–water partition coefficient (Wildman–Crippen LogP) is 4.87. The van der Waals surface area contributed by atoms with Crippen LogP contribution in [-0.2, 0) is 22.7 Å². The molecule has 2 aromatic rings. The minimum Gasteiger partial charge on any atom is -0.445 e. The first-order valence-electron chi connectivity index (χ1n) is 9.97. The van der Waals surface area contributed by atoms with E-state index in [0.717, 1.165) is 11.1 Å². The van der Waals surface area contributed by atoms with Gasteiger partial charge in [0.15, 0.2) is 0 Å². The molecule has 0 aromatic heterocycles. The number of carbonyl (C=O) groups excluding carboxylic acids is 1. The molecule has 0 N–H and O–H groups in total. The minimum absolute atomic E-state index is 0.0425. The SMILES string of the molecule is O=C(OCc1ccccc1)N1C2CC(F)CC1CC(OCc1ccccc1)C2. The van der Waals surface area contributed by atoms with Crippen LogP contribution in [0.4, 0.5) is 9.18 Å². The average Bonchev–Trinajstić information content (AvgIpc) is 2.71. The number of amides is 1. The minimum atomic E-state index is -0.858. The fourth-order valence-electron chi connectivity index (χ4n) is 4.35. The maximum absolute atomic E-state index is 14.2. The van der Waals surface area contributed by atoms with Crippen molar-refractivity contribution in [1.29, 1.82) is 0 Å². The monoisotopic (exact) mass is 383 g/mol. The van der Waals surface area contributed by atoms with E-state index >= 15 is 0 Å². The Kier molecular flexibility index (Phi) is 5.91. The number of hydrogen-bond donors (Lipinski definition) is 0. The molecule has 2 aromatic carbocycles. The van der Waals surface area contributed by atoms with Crippen LogP contribution in [0.2, 0.25) is 0 Å². The maximum Gasteiger partial charge on any atom is 0.410 e. The van der Waals surface area contributed by atoms with Crippen molar-refractivity contribution in [1.82, 2.24) is 4.90 Å². The lowest BCUT2D eigenvalue weighted by Crippen LogP contribution is -2.58. The zero-order valence-electron chi connectivity index (χ0n) is 15.9. The Labute approximate surface area is 165 Å². The Balaban J connectivity index is 1.36. The molecule has 5 heteroatoms. The molecule has 0 spiro atoms. The van der Waals surface area contributed by atoms with Crippen LogP contribution >= 0.6 is 0 Å². The summed E-state index contributed by atoms with van der Waals surface area (Å²) >= 11 is 0. The third kappa shape index (κ3) is 4.53. The van der Waals surface area contributed by atoms with E-state index in [1.165, 1.54) is 0 Å². The van der Waals surface area contributed by atoms with E-state index in [-0.39, 0.29) is 30.9 Å². The fraction of sp³-hybridized carbons (Fsp3) is 0.435. The van der Waals surface area contributed by atoms with Gasteiger partial charge in [0.2, 0.25) is 0 Å². The van der Waals surface area contributed by atoms with Gasteiger partial charge in [-0.1, -0.05) is 60.7 Å². The lowest BCUT2D eigenvalue weighted by atomic mass is 9.82. The molecule has 1 amide bonds. The van der Waals surface area contributed by atoms with Crippen LogP contribution in [0, 0.1) is 0 Å². The lowest BCUT2D eigenvalue weighted by Gasteiger charge is -2.48. The normalized spacial score (nSPS) is 26.7. The van der Waals surface area contributed by atoms with Crippen LogP contribution < -0.4 is 0 Å². The van der Waals surface area contributed by atoms with Gasteiger partial charge in [-0.2, -0.15) is 0 Å². The summed E-state index contributed by atoms with van der Waals surface area (Å²) < 4.78 is 25.8. The number of rotatable bonds is 5. The summed E-state index contributed by atoms with van der Waals surface area (Å²) in [7, 11) is 0. The van der Waals surface area contributed by atoms with Crippen molar-refractivity contribution >= 4 is 6.09 Å². The molecule has 0 saturated carbocycles. The van der Waals surface area contributed by atoms with Crippen molar-refractivity contribution < 1.29 is 18.7 Å². The van der Waals surface area contributed by atoms with E-state index < -0.39 is 6.17 Å². The number of hydrogen-bond acceptors (Lipinski definition) is 3. The molecular formula is C23H26FNO3. The summed E-state index contributed by atoms with van der Waals surface area (Å²) in [5.41, 5.74) is 2.08. The Bertz CT molecular complexity index is 754. The smallest absolute Gasteiger partial charge is 0.410 e. The first-order valence-corrected chi connectivity index (χ1v) is 9.97. The molecule has 0 radical (unpaired) electrons. The van der Waals surface area contributed by atoms with Crippen LogP contribution in [0.25, 0.3) is 0 Å². The maximum atomic E-state index is 14.2. The Morgan fingerprint density at radius 3 is 1.96 bits per heavy atom. The van der Waals surface area contributed by atoms with Gasteiger partial charge < -0.3 is 14.4 Å². The number of benzene rings is 2. The van der Waals surface area contributed by atoms with Crippen molar-refractivity contribution in [3.63, 3.8) is 0 Å². The van der Waals surface area contributed by atoms with Crippen LogP contribution in [0.15, 0.2) is 60.7 Å². The third-order valence-electron chi connectivity index (χ3n) is 5.66. The van der Waals surface area contributed by atoms with Gasteiger partial charge in [-0.25, -0.2) is 9.18 Å². The Hall–Kier alpha value is -2.40. The third-order valence-corrected chi connectivity index (χ3v) is 5.66. The van der Waals surface area contributed by atoms with Gasteiger partial charge in [0.25, 0.3) is 0 Å². The summed E-state index contributed by atoms with van der Waals surface area (Å²) in [6.07, 6.45) is 0.884. The number of ether oxygens (including phenoxy) is 2. The average molecular weight is 383 g/mol. The van der Waals surface area contributed by atoms with Crippen molar-refractivity contribution in [3.05, 3.63) is 71.8 Å². The molecule has 0 aliphatic carbocycles. The number of alkyl halides is 1. The molecule has 2 fully saturated rings. The Morgan fingerprint density at radius 1 is 0.857 bits per heavy atom. The number of fused-ring (bicyclic) bond motifs is 2. The highest BCUT2D eigenvalue weighted by molar-refractivity contribution is 5.69. The van der Waals surface area contributed by atoms with Gasteiger partial charge in [0.1, 0.15) is 12.8 Å². The van der Waals surface area contributed by atoms with Crippen LogP contribution in [0.1, 0.15) is 36.8 Å². The summed E-state index contributed by atoms with van der Waals surface area (Å²) in [6.45, 7) is 0.783. The summed E-state index contributed by atoms with van der Waals surface area (Å²) in [4.78, 5) is 14.5. The van der Waals surface area contributed by atoms with Gasteiger partial charge in [0, 0.05) is 12.1 Å². The van der Waals surface area contributed by atoms with Crippen LogP contribution in [-0.4, -0.2) is 35.4 Å². The fourth-order valence-corrected chi connectivity index (χ4v) is 4.35. The molecule has 2 bridgehead atoms. The van der Waals surface area contributed by atoms with E-state index in [4.69, 9.17) is 9.47 Å². The van der Waals surface area contributed by atoms with E-state index in [2.05, 4.69) is 0 Å². The zero-order chi connectivity index (χ0) is 19.3. The molecule has 2 heterocycles. The topological polar surface area (TPSA) is 38.8 Å². The molecule has 2 aliphatic heterocycles. The first-order chi connectivity index (χ1) is 13.7. The van der Waals surface area contributed by atoms with Gasteiger partial charge >= 0.3 is 6.09 Å². The van der Waals surface area contributed by atoms with E-state index in [1.54, 1.807) is 4.90 Å². The number of piperidine rings is 2. The number of carbonyl (C=O) groups is 1. The second kappa shape index (κ2) is 8.74. The van der Waals surface area contributed by atoms with Crippen LogP contribution in [0.5, 0.6) is 0 Å². The summed E-state index contributed by atoms with van der Waals surface area (Å²) in [6, 6.07) is 19.3. The molecule has 2 saturated heterocycles. The van der Waals surface area contributed by atoms with Gasteiger partial charge in [-0.15, -0.1) is 0 Å². The number of nitrogens with zero attached hydrogens (tertiary/aromatic N) is 1. The highest BCUT2D eigenvalue weighted by Gasteiger charge is 2.45. The Morgan fingerprint density at radius 2 is 1.39 bits per heavy atom. The highest BCUT2D eigenvalue weighted by atomic mass is 19.1. The second-order valence-electron chi connectivity index (χ2n) is 7.71. The molecule has 4 rings (SSSR count). The van der Waals surface area contributed by atoms with Crippen LogP contribution in [0.3, 0.4) is 0 Å².